The lowest BCUT2D eigenvalue weighted by molar-refractivity contribution is -0.136. The van der Waals surface area contributed by atoms with Crippen molar-refractivity contribution in [3.05, 3.63) is 0 Å². The van der Waals surface area contributed by atoms with Gasteiger partial charge in [-0.3, -0.25) is 4.79 Å². The van der Waals surface area contributed by atoms with E-state index in [4.69, 9.17) is 5.73 Å². The molecule has 1 amide bonds. The number of carbonyl (C=O) groups excluding carboxylic acids is 1. The van der Waals surface area contributed by atoms with E-state index in [0.717, 1.165) is 0 Å². The van der Waals surface area contributed by atoms with Crippen LogP contribution in [0.1, 0.15) is 41.0 Å². The second-order valence-electron chi connectivity index (χ2n) is 5.78. The molecule has 0 radical (unpaired) electrons. The largest absolute Gasteiger partial charge is 0.335 e. The summed E-state index contributed by atoms with van der Waals surface area (Å²) in [4.78, 5) is 13.7. The fraction of sp³-hybridized carbons (Fsp3) is 0.909. The van der Waals surface area contributed by atoms with Crippen molar-refractivity contribution < 1.29 is 4.79 Å². The molecule has 82 valence electrons. The van der Waals surface area contributed by atoms with Crippen LogP contribution in [0.2, 0.25) is 0 Å². The fourth-order valence-electron chi connectivity index (χ4n) is 1.68. The Hall–Kier alpha value is -0.570. The van der Waals surface area contributed by atoms with Gasteiger partial charge in [0, 0.05) is 24.5 Å². The summed E-state index contributed by atoms with van der Waals surface area (Å²) in [7, 11) is 0. The van der Waals surface area contributed by atoms with Crippen LogP contribution in [0, 0.1) is 5.41 Å². The molecule has 1 heterocycles. The number of likely N-dealkylation sites (tertiary alicyclic amines) is 1. The minimum absolute atomic E-state index is 0.0177. The highest BCUT2D eigenvalue weighted by molar-refractivity contribution is 5.80. The van der Waals surface area contributed by atoms with E-state index in [-0.39, 0.29) is 22.9 Å². The van der Waals surface area contributed by atoms with Crippen molar-refractivity contribution in [1.82, 2.24) is 4.90 Å². The molecule has 3 heteroatoms. The van der Waals surface area contributed by atoms with Crippen molar-refractivity contribution in [1.29, 1.82) is 0 Å². The number of hydrogen-bond acceptors (Lipinski definition) is 2. The lowest BCUT2D eigenvalue weighted by Crippen LogP contribution is -2.53. The number of rotatable bonds is 1. The van der Waals surface area contributed by atoms with Gasteiger partial charge in [0.05, 0.1) is 0 Å². The Kier molecular flexibility index (Phi) is 2.65. The Morgan fingerprint density at radius 3 is 2.07 bits per heavy atom. The van der Waals surface area contributed by atoms with Crippen molar-refractivity contribution in [3.63, 3.8) is 0 Å². The van der Waals surface area contributed by atoms with E-state index in [2.05, 4.69) is 34.6 Å². The van der Waals surface area contributed by atoms with Gasteiger partial charge in [-0.1, -0.05) is 20.8 Å². The predicted octanol–water partition coefficient (Wildman–Crippen LogP) is 1.37. The summed E-state index contributed by atoms with van der Waals surface area (Å²) in [6.07, 6.45) is 0.500. The van der Waals surface area contributed by atoms with Gasteiger partial charge in [0.1, 0.15) is 0 Å². The van der Waals surface area contributed by atoms with Crippen LogP contribution in [-0.2, 0) is 4.79 Å². The molecule has 14 heavy (non-hydrogen) atoms. The molecule has 1 unspecified atom stereocenters. The van der Waals surface area contributed by atoms with E-state index in [0.29, 0.717) is 13.0 Å². The van der Waals surface area contributed by atoms with Gasteiger partial charge >= 0.3 is 0 Å². The Bertz CT molecular complexity index is 240. The molecule has 1 aliphatic rings. The van der Waals surface area contributed by atoms with E-state index >= 15 is 0 Å². The first-order chi connectivity index (χ1) is 6.16. The van der Waals surface area contributed by atoms with Crippen LogP contribution in [-0.4, -0.2) is 28.9 Å². The third kappa shape index (κ3) is 1.78. The van der Waals surface area contributed by atoms with Gasteiger partial charge < -0.3 is 10.6 Å². The zero-order valence-corrected chi connectivity index (χ0v) is 9.92. The highest BCUT2D eigenvalue weighted by atomic mass is 16.2. The normalized spacial score (nSPS) is 24.6. The van der Waals surface area contributed by atoms with Gasteiger partial charge in [0.15, 0.2) is 0 Å². The molecule has 1 aliphatic heterocycles. The van der Waals surface area contributed by atoms with Gasteiger partial charge in [0.25, 0.3) is 0 Å². The Labute approximate surface area is 86.6 Å². The van der Waals surface area contributed by atoms with Crippen LogP contribution in [0.25, 0.3) is 0 Å². The van der Waals surface area contributed by atoms with E-state index in [1.807, 2.05) is 4.90 Å². The second kappa shape index (κ2) is 3.23. The van der Waals surface area contributed by atoms with Crippen LogP contribution in [0.5, 0.6) is 0 Å². The monoisotopic (exact) mass is 198 g/mol. The molecule has 1 fully saturated rings. The fourth-order valence-corrected chi connectivity index (χ4v) is 1.68. The average molecular weight is 198 g/mol. The van der Waals surface area contributed by atoms with Gasteiger partial charge in [-0.2, -0.15) is 0 Å². The summed E-state index contributed by atoms with van der Waals surface area (Å²) in [6, 6.07) is 0.0177. The average Bonchev–Trinajstić information content (AvgIpc) is 2.27. The molecular weight excluding hydrogens is 176 g/mol. The molecule has 1 atom stereocenters. The summed E-state index contributed by atoms with van der Waals surface area (Å²) < 4.78 is 0. The van der Waals surface area contributed by atoms with Gasteiger partial charge in [-0.05, 0) is 19.3 Å². The molecule has 0 aromatic rings. The molecule has 3 nitrogen and oxygen atoms in total. The Morgan fingerprint density at radius 2 is 1.79 bits per heavy atom. The maximum Gasteiger partial charge on any atom is 0.224 e. The summed E-state index contributed by atoms with van der Waals surface area (Å²) in [5, 5.41) is 0. The topological polar surface area (TPSA) is 46.3 Å². The van der Waals surface area contributed by atoms with Crippen LogP contribution >= 0.6 is 0 Å². The molecule has 0 aromatic heterocycles. The molecular formula is C11H22N2O. The standard InChI is InChI=1S/C11H22N2O/c1-10(2,3)11(4,5)13-7-8(12)6-9(13)14/h8H,6-7,12H2,1-5H3. The number of nitrogens with two attached hydrogens (primary N) is 1. The van der Waals surface area contributed by atoms with E-state index in [1.165, 1.54) is 0 Å². The maximum absolute atomic E-state index is 11.7. The molecule has 0 bridgehead atoms. The molecule has 2 N–H and O–H groups in total. The minimum atomic E-state index is -0.127. The molecule has 1 saturated heterocycles. The SMILES string of the molecule is CC(C)(C)C(C)(C)N1CC(N)CC1=O. The van der Waals surface area contributed by atoms with Gasteiger partial charge in [0.2, 0.25) is 5.91 Å². The minimum Gasteiger partial charge on any atom is -0.335 e. The lowest BCUT2D eigenvalue weighted by atomic mass is 9.75. The van der Waals surface area contributed by atoms with E-state index in [1.54, 1.807) is 0 Å². The van der Waals surface area contributed by atoms with Crippen molar-refractivity contribution >= 4 is 5.91 Å². The Balaban J connectivity index is 2.88. The quantitative estimate of drug-likeness (QED) is 0.691. The van der Waals surface area contributed by atoms with Crippen molar-refractivity contribution in [3.8, 4) is 0 Å². The van der Waals surface area contributed by atoms with Gasteiger partial charge in [-0.15, -0.1) is 0 Å². The number of carbonyl (C=O) groups is 1. The smallest absolute Gasteiger partial charge is 0.224 e. The number of hydrogen-bond donors (Lipinski definition) is 1. The Morgan fingerprint density at radius 1 is 1.29 bits per heavy atom. The summed E-state index contributed by atoms with van der Waals surface area (Å²) in [5.41, 5.74) is 5.74. The third-order valence-electron chi connectivity index (χ3n) is 3.67. The van der Waals surface area contributed by atoms with E-state index < -0.39 is 0 Å². The first-order valence-corrected chi connectivity index (χ1v) is 5.22. The van der Waals surface area contributed by atoms with E-state index in [9.17, 15) is 4.79 Å². The summed E-state index contributed by atoms with van der Waals surface area (Å²) in [6.45, 7) is 11.4. The first-order valence-electron chi connectivity index (χ1n) is 5.22. The molecule has 0 aliphatic carbocycles. The molecule has 1 rings (SSSR count). The highest BCUT2D eigenvalue weighted by Gasteiger charge is 2.44. The predicted molar refractivity (Wildman–Crippen MR) is 57.8 cm³/mol. The zero-order chi connectivity index (χ0) is 11.1. The van der Waals surface area contributed by atoms with Crippen molar-refractivity contribution in [2.45, 2.75) is 52.6 Å². The number of nitrogens with zero attached hydrogens (tertiary/aromatic N) is 1. The second-order valence-corrected chi connectivity index (χ2v) is 5.78. The molecule has 0 spiro atoms. The first kappa shape index (κ1) is 11.5. The van der Waals surface area contributed by atoms with Crippen LogP contribution < -0.4 is 5.73 Å². The summed E-state index contributed by atoms with van der Waals surface area (Å²) >= 11 is 0. The highest BCUT2D eigenvalue weighted by Crippen LogP contribution is 2.37. The maximum atomic E-state index is 11.7. The van der Waals surface area contributed by atoms with Crippen LogP contribution in [0.15, 0.2) is 0 Å². The van der Waals surface area contributed by atoms with Crippen molar-refractivity contribution in [2.24, 2.45) is 11.1 Å². The molecule has 0 saturated carbocycles. The number of amides is 1. The molecule has 0 aromatic carbocycles. The summed E-state index contributed by atoms with van der Waals surface area (Å²) in [5.74, 6) is 0.192. The zero-order valence-electron chi connectivity index (χ0n) is 9.92. The van der Waals surface area contributed by atoms with Crippen LogP contribution in [0.3, 0.4) is 0 Å². The third-order valence-corrected chi connectivity index (χ3v) is 3.67. The van der Waals surface area contributed by atoms with Crippen LogP contribution in [0.4, 0.5) is 0 Å². The van der Waals surface area contributed by atoms with Gasteiger partial charge in [-0.25, -0.2) is 0 Å². The van der Waals surface area contributed by atoms with Crippen molar-refractivity contribution in [2.75, 3.05) is 6.54 Å². The lowest BCUT2D eigenvalue weighted by Gasteiger charge is -2.46.